The third kappa shape index (κ3) is 4.24. The smallest absolute Gasteiger partial charge is 0.316 e. The van der Waals surface area contributed by atoms with Gasteiger partial charge in [0.15, 0.2) is 11.6 Å². The Morgan fingerprint density at radius 3 is 2.46 bits per heavy atom. The lowest BCUT2D eigenvalue weighted by Gasteiger charge is -2.56. The maximum Gasteiger partial charge on any atom is 0.316 e. The number of methoxy groups -OCH3 is 1. The molecule has 8 atom stereocenters. The number of ketones is 2. The highest BCUT2D eigenvalue weighted by atomic mass is 16.8. The van der Waals surface area contributed by atoms with Crippen molar-refractivity contribution in [2.75, 3.05) is 20.7 Å². The van der Waals surface area contributed by atoms with Crippen LogP contribution in [-0.2, 0) is 38.1 Å². The Kier molecular flexibility index (Phi) is 6.98. The highest BCUT2D eigenvalue weighted by molar-refractivity contribution is 6.25. The normalized spacial score (nSPS) is 40.3. The summed E-state index contributed by atoms with van der Waals surface area (Å²) >= 11 is 0. The minimum atomic E-state index is -1.47. The largest absolute Gasteiger partial charge is 0.507 e. The summed E-state index contributed by atoms with van der Waals surface area (Å²) in [6.45, 7) is 9.05. The first kappa shape index (κ1) is 27.2. The molecule has 4 saturated heterocycles. The van der Waals surface area contributed by atoms with Crippen molar-refractivity contribution in [3.63, 3.8) is 0 Å². The zero-order valence-electron chi connectivity index (χ0n) is 22.3. The molecule has 202 valence electrons. The number of rotatable bonds is 5. The second-order valence-corrected chi connectivity index (χ2v) is 10.8. The van der Waals surface area contributed by atoms with Crippen LogP contribution in [0.2, 0.25) is 0 Å². The number of fused-ring (bicyclic) bond motifs is 1. The number of carbonyl (C=O) groups excluding carboxylic acids is 4. The third-order valence-corrected chi connectivity index (χ3v) is 7.98. The van der Waals surface area contributed by atoms with E-state index in [1.807, 2.05) is 26.8 Å². The van der Waals surface area contributed by atoms with Crippen molar-refractivity contribution in [3.8, 4) is 0 Å². The molecular weight excluding hydrogens is 482 g/mol. The molecule has 4 rings (SSSR count). The minimum Gasteiger partial charge on any atom is -0.507 e. The van der Waals surface area contributed by atoms with Crippen molar-refractivity contribution in [1.29, 1.82) is 0 Å². The molecule has 2 bridgehead atoms. The van der Waals surface area contributed by atoms with Gasteiger partial charge in [-0.2, -0.15) is 0 Å². The zero-order chi connectivity index (χ0) is 27.4. The van der Waals surface area contributed by atoms with Gasteiger partial charge < -0.3 is 29.0 Å². The van der Waals surface area contributed by atoms with Crippen molar-refractivity contribution < 1.29 is 43.2 Å². The highest BCUT2D eigenvalue weighted by Gasteiger charge is 2.74. The molecule has 4 unspecified atom stereocenters. The summed E-state index contributed by atoms with van der Waals surface area (Å²) in [5.74, 6) is -4.83. The monoisotopic (exact) mass is 517 g/mol. The van der Waals surface area contributed by atoms with E-state index in [0.29, 0.717) is 0 Å². The first-order valence-electron chi connectivity index (χ1n) is 12.5. The fourth-order valence-corrected chi connectivity index (χ4v) is 6.20. The SMILES string of the molecule is COC(=O)[C@H]1[C@@H](C)O[C@@]2(C)CC(=O)C3OC12OC([C@H](C)/C=C(C)/C=C/C(O)=C1\C(=O)CN(C)C1=O)C3C. The Hall–Kier alpha value is -2.82. The molecule has 10 heteroatoms. The van der Waals surface area contributed by atoms with Crippen molar-refractivity contribution in [3.05, 3.63) is 35.1 Å². The van der Waals surface area contributed by atoms with Gasteiger partial charge in [-0.3, -0.25) is 19.2 Å². The van der Waals surface area contributed by atoms with Gasteiger partial charge >= 0.3 is 5.97 Å². The number of allylic oxidation sites excluding steroid dienone is 3. The molecule has 1 spiro atoms. The lowest BCUT2D eigenvalue weighted by atomic mass is 9.73. The number of aliphatic hydroxyl groups excluding tert-OH is 1. The van der Waals surface area contributed by atoms with Crippen molar-refractivity contribution >= 4 is 23.4 Å². The number of hydrogen-bond acceptors (Lipinski definition) is 9. The maximum atomic E-state index is 13.1. The van der Waals surface area contributed by atoms with Crippen LogP contribution in [0.4, 0.5) is 0 Å². The summed E-state index contributed by atoms with van der Waals surface area (Å²) in [6, 6.07) is 0. The molecule has 0 aliphatic carbocycles. The molecule has 37 heavy (non-hydrogen) atoms. The second-order valence-electron chi connectivity index (χ2n) is 10.8. The predicted octanol–water partition coefficient (Wildman–Crippen LogP) is 2.03. The van der Waals surface area contributed by atoms with Crippen molar-refractivity contribution in [1.82, 2.24) is 4.90 Å². The number of ether oxygens (including phenoxy) is 4. The van der Waals surface area contributed by atoms with Crippen LogP contribution in [0.15, 0.2) is 35.1 Å². The van der Waals surface area contributed by atoms with Crippen LogP contribution < -0.4 is 0 Å². The van der Waals surface area contributed by atoms with Gasteiger partial charge in [0.05, 0.1) is 25.9 Å². The molecule has 0 aromatic carbocycles. The number of likely N-dealkylation sites (tertiary alicyclic amines) is 1. The fourth-order valence-electron chi connectivity index (χ4n) is 6.20. The van der Waals surface area contributed by atoms with E-state index in [1.54, 1.807) is 19.9 Å². The minimum absolute atomic E-state index is 0.0631. The standard InChI is InChI=1S/C27H35NO9/c1-13(8-9-17(29)20-19(31)12-28(6)24(20)32)10-14(2)22-15(3)23-18(30)11-26(5)27(36-22,37-23)21(16(4)35-26)25(33)34-7/h8-10,14-16,21-23,29H,11-12H2,1-7H3/b9-8+,13-10+,20-17-/t14-,15?,16-,21-,22?,23?,26+,27?/m1/s1. The molecule has 4 heterocycles. The Bertz CT molecular complexity index is 1120. The van der Waals surface area contributed by atoms with E-state index in [1.165, 1.54) is 25.1 Å². The number of amides is 1. The van der Waals surface area contributed by atoms with Gasteiger partial charge in [0.2, 0.25) is 5.79 Å². The van der Waals surface area contributed by atoms with Crippen LogP contribution in [0.1, 0.15) is 41.0 Å². The average molecular weight is 518 g/mol. The van der Waals surface area contributed by atoms with Crippen LogP contribution in [0.3, 0.4) is 0 Å². The zero-order valence-corrected chi connectivity index (χ0v) is 22.3. The van der Waals surface area contributed by atoms with Crippen LogP contribution in [-0.4, -0.2) is 83.9 Å². The highest BCUT2D eigenvalue weighted by Crippen LogP contribution is 2.57. The lowest BCUT2D eigenvalue weighted by molar-refractivity contribution is -0.387. The van der Waals surface area contributed by atoms with Gasteiger partial charge in [0.1, 0.15) is 29.0 Å². The van der Waals surface area contributed by atoms with Crippen LogP contribution in [0.5, 0.6) is 0 Å². The van der Waals surface area contributed by atoms with Gasteiger partial charge in [-0.05, 0) is 26.8 Å². The van der Waals surface area contributed by atoms with Gasteiger partial charge in [-0.25, -0.2) is 0 Å². The quantitative estimate of drug-likeness (QED) is 0.191. The topological polar surface area (TPSA) is 129 Å². The Balaban J connectivity index is 1.62. The van der Waals surface area contributed by atoms with E-state index in [2.05, 4.69) is 0 Å². The molecule has 1 N–H and O–H groups in total. The van der Waals surface area contributed by atoms with Crippen LogP contribution >= 0.6 is 0 Å². The van der Waals surface area contributed by atoms with Crippen molar-refractivity contribution in [2.45, 2.75) is 70.7 Å². The Labute approximate surface area is 216 Å². The summed E-state index contributed by atoms with van der Waals surface area (Å²) in [7, 11) is 2.80. The molecule has 0 aromatic rings. The molecular formula is C27H35NO9. The molecule has 0 radical (unpaired) electrons. The molecule has 4 fully saturated rings. The van der Waals surface area contributed by atoms with Gasteiger partial charge in [-0.15, -0.1) is 0 Å². The first-order chi connectivity index (χ1) is 17.3. The summed E-state index contributed by atoms with van der Waals surface area (Å²) < 4.78 is 24.1. The van der Waals surface area contributed by atoms with Crippen LogP contribution in [0, 0.1) is 17.8 Å². The average Bonchev–Trinajstić information content (AvgIpc) is 3.20. The molecule has 4 aliphatic heterocycles. The summed E-state index contributed by atoms with van der Waals surface area (Å²) in [5, 5.41) is 10.3. The van der Waals surface area contributed by atoms with Gasteiger partial charge in [0, 0.05) is 25.3 Å². The summed E-state index contributed by atoms with van der Waals surface area (Å²) in [5.41, 5.74) is -0.637. The molecule has 4 aliphatic rings. The fraction of sp³-hybridized carbons (Fsp3) is 0.630. The Morgan fingerprint density at radius 1 is 1.19 bits per heavy atom. The Morgan fingerprint density at radius 2 is 1.86 bits per heavy atom. The number of carbonyl (C=O) groups is 4. The number of Topliss-reactive ketones (excluding diaryl/α,β-unsaturated/α-hetero) is 2. The third-order valence-electron chi connectivity index (χ3n) is 7.98. The molecule has 10 nitrogen and oxygen atoms in total. The number of nitrogens with zero attached hydrogens (tertiary/aromatic N) is 1. The molecule has 1 amide bonds. The van der Waals surface area contributed by atoms with Crippen molar-refractivity contribution in [2.24, 2.45) is 17.8 Å². The molecule has 0 saturated carbocycles. The van der Waals surface area contributed by atoms with Crippen LogP contribution in [0.25, 0.3) is 0 Å². The maximum absolute atomic E-state index is 13.1. The number of aliphatic hydroxyl groups is 1. The van der Waals surface area contributed by atoms with Gasteiger partial charge in [0.25, 0.3) is 5.91 Å². The van der Waals surface area contributed by atoms with E-state index >= 15 is 0 Å². The van der Waals surface area contributed by atoms with E-state index in [4.69, 9.17) is 18.9 Å². The van der Waals surface area contributed by atoms with E-state index in [9.17, 15) is 24.3 Å². The summed E-state index contributed by atoms with van der Waals surface area (Å²) in [6.07, 6.45) is 3.07. The summed E-state index contributed by atoms with van der Waals surface area (Å²) in [4.78, 5) is 51.3. The van der Waals surface area contributed by atoms with E-state index < -0.39 is 53.3 Å². The predicted molar refractivity (Wildman–Crippen MR) is 130 cm³/mol. The molecule has 0 aromatic heterocycles. The van der Waals surface area contributed by atoms with Gasteiger partial charge in [-0.1, -0.05) is 31.6 Å². The second kappa shape index (κ2) is 9.49. The first-order valence-corrected chi connectivity index (χ1v) is 12.5. The lowest BCUT2D eigenvalue weighted by Crippen LogP contribution is -2.71. The number of hydrogen-bond donors (Lipinski definition) is 1. The van der Waals surface area contributed by atoms with E-state index in [0.717, 1.165) is 5.57 Å². The van der Waals surface area contributed by atoms with E-state index in [-0.39, 0.29) is 41.9 Å². The number of likely N-dealkylation sites (N-methyl/N-ethyl adjacent to an activating group) is 1. The number of esters is 1.